The molecule has 2 aromatic carbocycles. The van der Waals surface area contributed by atoms with Crippen LogP contribution in [0.4, 0.5) is 0 Å². The SMILES string of the molecule is Cl.N[C@@H](Cc1cnc[nH]1)C(=O)COc1ccc2ccccc2c1. The van der Waals surface area contributed by atoms with Gasteiger partial charge in [-0.3, -0.25) is 4.79 Å². The standard InChI is InChI=1S/C17H17N3O2.ClH/c18-16(8-14-9-19-11-20-14)17(21)10-22-15-6-5-12-3-1-2-4-13(12)7-15;/h1-7,9,11,16H,8,10,18H2,(H,19,20);1H/t16-;/m0./s1. The number of hydrogen-bond acceptors (Lipinski definition) is 4. The number of halogens is 1. The fourth-order valence-electron chi connectivity index (χ4n) is 2.27. The Morgan fingerprint density at radius 2 is 2.00 bits per heavy atom. The number of nitrogens with zero attached hydrogens (tertiary/aromatic N) is 1. The van der Waals surface area contributed by atoms with E-state index >= 15 is 0 Å². The van der Waals surface area contributed by atoms with Crippen LogP contribution < -0.4 is 10.5 Å². The summed E-state index contributed by atoms with van der Waals surface area (Å²) in [4.78, 5) is 18.9. The summed E-state index contributed by atoms with van der Waals surface area (Å²) in [7, 11) is 0. The first-order valence-electron chi connectivity index (χ1n) is 7.09. The number of fused-ring (bicyclic) bond motifs is 1. The third kappa shape index (κ3) is 4.31. The average Bonchev–Trinajstić information content (AvgIpc) is 3.05. The summed E-state index contributed by atoms with van der Waals surface area (Å²) in [6, 6.07) is 13.1. The number of nitrogens with one attached hydrogen (secondary N) is 1. The van der Waals surface area contributed by atoms with Crippen molar-refractivity contribution in [1.29, 1.82) is 0 Å². The number of imidazole rings is 1. The molecule has 0 saturated carbocycles. The molecule has 0 unspecified atom stereocenters. The predicted octanol–water partition coefficient (Wildman–Crippen LogP) is 2.50. The normalized spacial score (nSPS) is 11.7. The van der Waals surface area contributed by atoms with Crippen LogP contribution in [0.2, 0.25) is 0 Å². The van der Waals surface area contributed by atoms with Crippen LogP contribution in [0, 0.1) is 0 Å². The highest BCUT2D eigenvalue weighted by Crippen LogP contribution is 2.20. The second-order valence-corrected chi connectivity index (χ2v) is 5.15. The Bertz CT molecular complexity index is 774. The molecule has 3 N–H and O–H groups in total. The highest BCUT2D eigenvalue weighted by Gasteiger charge is 2.15. The van der Waals surface area contributed by atoms with Crippen molar-refractivity contribution in [2.45, 2.75) is 12.5 Å². The second kappa shape index (κ2) is 7.76. The molecule has 6 heteroatoms. The Kier molecular flexibility index (Phi) is 5.73. The third-order valence-corrected chi connectivity index (χ3v) is 3.51. The van der Waals surface area contributed by atoms with Crippen LogP contribution in [0.1, 0.15) is 5.69 Å². The van der Waals surface area contributed by atoms with Crippen molar-refractivity contribution in [3.63, 3.8) is 0 Å². The average molecular weight is 332 g/mol. The number of aromatic nitrogens is 2. The maximum atomic E-state index is 12.0. The topological polar surface area (TPSA) is 81.0 Å². The summed E-state index contributed by atoms with van der Waals surface area (Å²) >= 11 is 0. The third-order valence-electron chi connectivity index (χ3n) is 3.51. The van der Waals surface area contributed by atoms with E-state index < -0.39 is 6.04 Å². The molecule has 0 aliphatic carbocycles. The van der Waals surface area contributed by atoms with Gasteiger partial charge in [0, 0.05) is 18.3 Å². The van der Waals surface area contributed by atoms with E-state index in [9.17, 15) is 4.79 Å². The van der Waals surface area contributed by atoms with E-state index in [0.717, 1.165) is 16.5 Å². The molecule has 0 amide bonds. The van der Waals surface area contributed by atoms with Crippen molar-refractivity contribution in [2.75, 3.05) is 6.61 Å². The van der Waals surface area contributed by atoms with Crippen LogP contribution in [0.3, 0.4) is 0 Å². The smallest absolute Gasteiger partial charge is 0.187 e. The molecular weight excluding hydrogens is 314 g/mol. The molecule has 0 aliphatic rings. The van der Waals surface area contributed by atoms with Gasteiger partial charge in [0.15, 0.2) is 5.78 Å². The number of carbonyl (C=O) groups is 1. The van der Waals surface area contributed by atoms with Gasteiger partial charge in [0.2, 0.25) is 0 Å². The summed E-state index contributed by atoms with van der Waals surface area (Å²) in [6.07, 6.45) is 3.66. The van der Waals surface area contributed by atoms with E-state index in [1.54, 1.807) is 12.5 Å². The van der Waals surface area contributed by atoms with E-state index in [2.05, 4.69) is 9.97 Å². The number of ether oxygens (including phenoxy) is 1. The minimum atomic E-state index is -0.596. The van der Waals surface area contributed by atoms with Gasteiger partial charge in [0.25, 0.3) is 0 Å². The number of benzene rings is 2. The first-order chi connectivity index (χ1) is 10.7. The van der Waals surface area contributed by atoms with Crippen LogP contribution in [0.25, 0.3) is 10.8 Å². The summed E-state index contributed by atoms with van der Waals surface area (Å²) in [6.45, 7) is -0.0341. The lowest BCUT2D eigenvalue weighted by atomic mass is 10.1. The Balaban J connectivity index is 0.00000192. The van der Waals surface area contributed by atoms with Crippen molar-refractivity contribution in [1.82, 2.24) is 9.97 Å². The molecule has 5 nitrogen and oxygen atoms in total. The zero-order valence-corrected chi connectivity index (χ0v) is 13.3. The molecular formula is C17H18ClN3O2. The summed E-state index contributed by atoms with van der Waals surface area (Å²) in [5.74, 6) is 0.531. The van der Waals surface area contributed by atoms with Gasteiger partial charge in [0.1, 0.15) is 12.4 Å². The molecule has 1 atom stereocenters. The number of nitrogens with two attached hydrogens (primary N) is 1. The van der Waals surface area contributed by atoms with Crippen LogP contribution in [-0.2, 0) is 11.2 Å². The van der Waals surface area contributed by atoms with Gasteiger partial charge in [0.05, 0.1) is 12.4 Å². The molecule has 3 rings (SSSR count). The van der Waals surface area contributed by atoms with Crippen molar-refractivity contribution in [3.8, 4) is 5.75 Å². The Hall–Kier alpha value is -2.37. The van der Waals surface area contributed by atoms with Crippen molar-refractivity contribution >= 4 is 29.0 Å². The molecule has 23 heavy (non-hydrogen) atoms. The zero-order valence-electron chi connectivity index (χ0n) is 12.4. The van der Waals surface area contributed by atoms with Gasteiger partial charge in [-0.25, -0.2) is 4.98 Å². The predicted molar refractivity (Wildman–Crippen MR) is 92.0 cm³/mol. The fourth-order valence-corrected chi connectivity index (χ4v) is 2.27. The molecule has 120 valence electrons. The Morgan fingerprint density at radius 3 is 2.74 bits per heavy atom. The highest BCUT2D eigenvalue weighted by molar-refractivity contribution is 5.86. The number of Topliss-reactive ketones (excluding diaryl/α,β-unsaturated/α-hetero) is 1. The van der Waals surface area contributed by atoms with Gasteiger partial charge in [-0.1, -0.05) is 30.3 Å². The largest absolute Gasteiger partial charge is 0.486 e. The number of aromatic amines is 1. The quantitative estimate of drug-likeness (QED) is 0.727. The van der Waals surface area contributed by atoms with E-state index in [1.807, 2.05) is 42.5 Å². The zero-order chi connectivity index (χ0) is 15.4. The minimum absolute atomic E-state index is 0. The second-order valence-electron chi connectivity index (χ2n) is 5.15. The minimum Gasteiger partial charge on any atom is -0.486 e. The number of carbonyl (C=O) groups excluding carboxylic acids is 1. The van der Waals surface area contributed by atoms with Gasteiger partial charge < -0.3 is 15.5 Å². The monoisotopic (exact) mass is 331 g/mol. The maximum Gasteiger partial charge on any atom is 0.187 e. The van der Waals surface area contributed by atoms with Gasteiger partial charge in [-0.05, 0) is 22.9 Å². The molecule has 0 bridgehead atoms. The first-order valence-corrected chi connectivity index (χ1v) is 7.09. The van der Waals surface area contributed by atoms with Crippen molar-refractivity contribution in [3.05, 3.63) is 60.7 Å². The van der Waals surface area contributed by atoms with Gasteiger partial charge in [-0.15, -0.1) is 12.4 Å². The van der Waals surface area contributed by atoms with E-state index in [4.69, 9.17) is 10.5 Å². The van der Waals surface area contributed by atoms with Crippen LogP contribution in [0.15, 0.2) is 55.0 Å². The first kappa shape index (κ1) is 17.0. The summed E-state index contributed by atoms with van der Waals surface area (Å²) in [5.41, 5.74) is 6.73. The molecule has 0 saturated heterocycles. The number of hydrogen-bond donors (Lipinski definition) is 2. The molecule has 0 radical (unpaired) electrons. The van der Waals surface area contributed by atoms with Crippen LogP contribution >= 0.6 is 12.4 Å². The number of H-pyrrole nitrogens is 1. The van der Waals surface area contributed by atoms with E-state index in [1.165, 1.54) is 0 Å². The molecule has 0 fully saturated rings. The van der Waals surface area contributed by atoms with Gasteiger partial charge in [-0.2, -0.15) is 0 Å². The summed E-state index contributed by atoms with van der Waals surface area (Å²) in [5, 5.41) is 2.21. The molecule has 3 aromatic rings. The van der Waals surface area contributed by atoms with Gasteiger partial charge >= 0.3 is 0 Å². The van der Waals surface area contributed by atoms with Crippen LogP contribution in [0.5, 0.6) is 5.75 Å². The molecule has 1 aromatic heterocycles. The number of ketones is 1. The Labute approximate surface area is 140 Å². The number of rotatable bonds is 6. The Morgan fingerprint density at radius 1 is 1.22 bits per heavy atom. The lowest BCUT2D eigenvalue weighted by Crippen LogP contribution is -2.36. The van der Waals surface area contributed by atoms with Crippen molar-refractivity contribution in [2.24, 2.45) is 5.73 Å². The van der Waals surface area contributed by atoms with E-state index in [0.29, 0.717) is 12.2 Å². The lowest BCUT2D eigenvalue weighted by Gasteiger charge is -2.11. The van der Waals surface area contributed by atoms with Crippen LogP contribution in [-0.4, -0.2) is 28.4 Å². The lowest BCUT2D eigenvalue weighted by molar-refractivity contribution is -0.122. The highest BCUT2D eigenvalue weighted by atomic mass is 35.5. The molecule has 0 spiro atoms. The van der Waals surface area contributed by atoms with Crippen molar-refractivity contribution < 1.29 is 9.53 Å². The molecule has 0 aliphatic heterocycles. The van der Waals surface area contributed by atoms with E-state index in [-0.39, 0.29) is 24.8 Å². The molecule has 1 heterocycles. The summed E-state index contributed by atoms with van der Waals surface area (Å²) < 4.78 is 5.56. The fraction of sp³-hybridized carbons (Fsp3) is 0.176. The maximum absolute atomic E-state index is 12.0.